The van der Waals surface area contributed by atoms with Gasteiger partial charge in [-0.2, -0.15) is 0 Å². The van der Waals surface area contributed by atoms with Crippen molar-refractivity contribution in [1.82, 2.24) is 14.8 Å². The predicted octanol–water partition coefficient (Wildman–Crippen LogP) is 6.33. The van der Waals surface area contributed by atoms with Crippen molar-refractivity contribution >= 4 is 23.4 Å². The van der Waals surface area contributed by atoms with Gasteiger partial charge < -0.3 is 0 Å². The normalized spacial score (nSPS) is 11.0. The fraction of sp³-hybridized carbons (Fsp3) is 0.0909. The Morgan fingerprint density at radius 2 is 1.64 bits per heavy atom. The predicted molar refractivity (Wildman–Crippen MR) is 113 cm³/mol. The Morgan fingerprint density at radius 3 is 2.36 bits per heavy atom. The molecule has 0 saturated heterocycles. The summed E-state index contributed by atoms with van der Waals surface area (Å²) in [6.07, 6.45) is 0. The third-order valence-corrected chi connectivity index (χ3v) is 5.69. The third-order valence-electron chi connectivity index (χ3n) is 4.34. The Hall–Kier alpha value is -2.63. The summed E-state index contributed by atoms with van der Waals surface area (Å²) < 4.78 is 15.4. The van der Waals surface area contributed by atoms with Crippen LogP contribution >= 0.6 is 23.4 Å². The average molecular weight is 410 g/mol. The average Bonchev–Trinajstić information content (AvgIpc) is 3.12. The summed E-state index contributed by atoms with van der Waals surface area (Å²) in [5.41, 5.74) is 3.97. The number of hydrogen-bond donors (Lipinski definition) is 0. The zero-order valence-electron chi connectivity index (χ0n) is 15.1. The molecule has 0 N–H and O–H groups in total. The molecule has 0 atom stereocenters. The first-order chi connectivity index (χ1) is 13.6. The first-order valence-electron chi connectivity index (χ1n) is 8.76. The van der Waals surface area contributed by atoms with Crippen LogP contribution in [0.15, 0.2) is 78.0 Å². The lowest BCUT2D eigenvalue weighted by atomic mass is 10.2. The van der Waals surface area contributed by atoms with Crippen molar-refractivity contribution in [2.24, 2.45) is 0 Å². The molecule has 4 aromatic rings. The van der Waals surface area contributed by atoms with Crippen molar-refractivity contribution in [2.75, 3.05) is 0 Å². The van der Waals surface area contributed by atoms with Crippen LogP contribution < -0.4 is 0 Å². The molecular weight excluding hydrogens is 393 g/mol. The Bertz CT molecular complexity index is 1090. The van der Waals surface area contributed by atoms with E-state index < -0.39 is 0 Å². The lowest BCUT2D eigenvalue weighted by molar-refractivity contribution is 0.628. The summed E-state index contributed by atoms with van der Waals surface area (Å²) in [5.74, 6) is 1.07. The summed E-state index contributed by atoms with van der Waals surface area (Å²) in [7, 11) is 0. The summed E-state index contributed by atoms with van der Waals surface area (Å²) in [5, 5.41) is 10.3. The zero-order chi connectivity index (χ0) is 19.5. The van der Waals surface area contributed by atoms with Crippen LogP contribution in [0, 0.1) is 12.7 Å². The van der Waals surface area contributed by atoms with Crippen molar-refractivity contribution in [3.05, 3.63) is 94.8 Å². The minimum Gasteiger partial charge on any atom is -0.270 e. The monoisotopic (exact) mass is 409 g/mol. The van der Waals surface area contributed by atoms with Gasteiger partial charge in [0.2, 0.25) is 0 Å². The largest absolute Gasteiger partial charge is 0.270 e. The topological polar surface area (TPSA) is 30.7 Å². The summed E-state index contributed by atoms with van der Waals surface area (Å²) in [6.45, 7) is 2.05. The van der Waals surface area contributed by atoms with Gasteiger partial charge in [-0.15, -0.1) is 10.2 Å². The summed E-state index contributed by atoms with van der Waals surface area (Å²) in [4.78, 5) is 0. The standard InChI is InChI=1S/C22H17ClFN3S/c1-15-6-12-19(13-7-15)27-21(16-8-10-18(24)11-9-16)25-26-22(27)28-14-17-4-2-3-5-20(17)23/h2-13H,14H2,1H3. The van der Waals surface area contributed by atoms with E-state index >= 15 is 0 Å². The summed E-state index contributed by atoms with van der Waals surface area (Å²) >= 11 is 7.85. The molecule has 0 bridgehead atoms. The number of thioether (sulfide) groups is 1. The first kappa shape index (κ1) is 18.7. The summed E-state index contributed by atoms with van der Waals surface area (Å²) in [6, 6.07) is 22.2. The van der Waals surface area contributed by atoms with E-state index in [9.17, 15) is 4.39 Å². The van der Waals surface area contributed by atoms with Crippen LogP contribution in [0.2, 0.25) is 5.02 Å². The van der Waals surface area contributed by atoms with Gasteiger partial charge in [0.05, 0.1) is 0 Å². The van der Waals surface area contributed by atoms with E-state index in [4.69, 9.17) is 11.6 Å². The van der Waals surface area contributed by atoms with E-state index in [0.29, 0.717) is 11.6 Å². The molecule has 6 heteroatoms. The number of aromatic nitrogens is 3. The van der Waals surface area contributed by atoms with Crippen LogP contribution in [-0.2, 0) is 5.75 Å². The second-order valence-corrected chi connectivity index (χ2v) is 7.71. The van der Waals surface area contributed by atoms with E-state index in [1.165, 1.54) is 17.7 Å². The molecule has 0 unspecified atom stereocenters. The highest BCUT2D eigenvalue weighted by Crippen LogP contribution is 2.31. The van der Waals surface area contributed by atoms with Crippen LogP contribution in [0.1, 0.15) is 11.1 Å². The number of benzene rings is 3. The molecule has 0 fully saturated rings. The molecular formula is C22H17ClFN3S. The SMILES string of the molecule is Cc1ccc(-n2c(SCc3ccccc3Cl)nnc2-c2ccc(F)cc2)cc1. The van der Waals surface area contributed by atoms with Gasteiger partial charge in [-0.05, 0) is 55.0 Å². The molecule has 140 valence electrons. The Labute approximate surface area is 172 Å². The molecule has 1 aromatic heterocycles. The van der Waals surface area contributed by atoms with Crippen molar-refractivity contribution in [3.8, 4) is 17.1 Å². The van der Waals surface area contributed by atoms with Gasteiger partial charge in [-0.25, -0.2) is 4.39 Å². The first-order valence-corrected chi connectivity index (χ1v) is 10.1. The van der Waals surface area contributed by atoms with Crippen LogP contribution in [0.3, 0.4) is 0 Å². The van der Waals surface area contributed by atoms with E-state index in [0.717, 1.165) is 27.0 Å². The third kappa shape index (κ3) is 3.96. The number of halogens is 2. The molecule has 0 amide bonds. The van der Waals surface area contributed by atoms with Crippen molar-refractivity contribution in [2.45, 2.75) is 17.8 Å². The highest BCUT2D eigenvalue weighted by atomic mass is 35.5. The van der Waals surface area contributed by atoms with Gasteiger partial charge in [-0.3, -0.25) is 4.57 Å². The molecule has 0 aliphatic rings. The van der Waals surface area contributed by atoms with Gasteiger partial charge in [-0.1, -0.05) is 59.3 Å². The van der Waals surface area contributed by atoms with Crippen LogP contribution in [0.5, 0.6) is 0 Å². The Morgan fingerprint density at radius 1 is 0.929 bits per heavy atom. The molecule has 4 rings (SSSR count). The second-order valence-electron chi connectivity index (χ2n) is 6.36. The van der Waals surface area contributed by atoms with Crippen molar-refractivity contribution in [1.29, 1.82) is 0 Å². The van der Waals surface area contributed by atoms with Crippen LogP contribution in [0.4, 0.5) is 4.39 Å². The van der Waals surface area contributed by atoms with Gasteiger partial charge >= 0.3 is 0 Å². The number of hydrogen-bond acceptors (Lipinski definition) is 3. The molecule has 0 saturated carbocycles. The highest BCUT2D eigenvalue weighted by Gasteiger charge is 2.16. The fourth-order valence-corrected chi connectivity index (χ4v) is 4.07. The number of nitrogens with zero attached hydrogens (tertiary/aromatic N) is 3. The molecule has 0 aliphatic carbocycles. The van der Waals surface area contributed by atoms with E-state index in [2.05, 4.69) is 10.2 Å². The van der Waals surface area contributed by atoms with E-state index in [1.54, 1.807) is 23.9 Å². The quantitative estimate of drug-likeness (QED) is 0.361. The zero-order valence-corrected chi connectivity index (χ0v) is 16.7. The Kier molecular flexibility index (Phi) is 5.46. The highest BCUT2D eigenvalue weighted by molar-refractivity contribution is 7.98. The minimum absolute atomic E-state index is 0.279. The van der Waals surface area contributed by atoms with Crippen LogP contribution in [0.25, 0.3) is 17.1 Å². The lowest BCUT2D eigenvalue weighted by Crippen LogP contribution is -2.00. The van der Waals surface area contributed by atoms with Gasteiger partial charge in [0.25, 0.3) is 0 Å². The van der Waals surface area contributed by atoms with Crippen molar-refractivity contribution in [3.63, 3.8) is 0 Å². The second kappa shape index (κ2) is 8.17. The Balaban J connectivity index is 1.74. The molecule has 0 aliphatic heterocycles. The molecule has 0 spiro atoms. The van der Waals surface area contributed by atoms with E-state index in [1.807, 2.05) is 60.0 Å². The van der Waals surface area contributed by atoms with Gasteiger partial charge in [0, 0.05) is 22.0 Å². The smallest absolute Gasteiger partial charge is 0.196 e. The minimum atomic E-state index is -0.279. The van der Waals surface area contributed by atoms with Crippen molar-refractivity contribution < 1.29 is 4.39 Å². The fourth-order valence-electron chi connectivity index (χ4n) is 2.83. The molecule has 1 heterocycles. The molecule has 28 heavy (non-hydrogen) atoms. The number of rotatable bonds is 5. The molecule has 3 nitrogen and oxygen atoms in total. The maximum absolute atomic E-state index is 13.4. The molecule has 3 aromatic carbocycles. The maximum atomic E-state index is 13.4. The molecule has 0 radical (unpaired) electrons. The van der Waals surface area contributed by atoms with Gasteiger partial charge in [0.15, 0.2) is 11.0 Å². The maximum Gasteiger partial charge on any atom is 0.196 e. The van der Waals surface area contributed by atoms with E-state index in [-0.39, 0.29) is 5.82 Å². The number of aryl methyl sites for hydroxylation is 1. The lowest BCUT2D eigenvalue weighted by Gasteiger charge is -2.11. The van der Waals surface area contributed by atoms with Gasteiger partial charge in [0.1, 0.15) is 5.82 Å². The van der Waals surface area contributed by atoms with Crippen LogP contribution in [-0.4, -0.2) is 14.8 Å².